The Bertz CT molecular complexity index is 822. The van der Waals surface area contributed by atoms with E-state index in [0.29, 0.717) is 17.4 Å². The van der Waals surface area contributed by atoms with Crippen LogP contribution in [0.25, 0.3) is 9.88 Å². The minimum Gasteiger partial charge on any atom is -0.368 e. The highest BCUT2D eigenvalue weighted by Gasteiger charge is 2.24. The van der Waals surface area contributed by atoms with Crippen molar-refractivity contribution in [3.63, 3.8) is 0 Å². The Morgan fingerprint density at radius 2 is 2.33 bits per heavy atom. The van der Waals surface area contributed by atoms with Gasteiger partial charge in [-0.15, -0.1) is 22.7 Å². The summed E-state index contributed by atoms with van der Waals surface area (Å²) in [4.78, 5) is 21.9. The molecule has 0 aliphatic carbocycles. The molecule has 1 aliphatic rings. The van der Waals surface area contributed by atoms with Gasteiger partial charge in [-0.1, -0.05) is 11.2 Å². The number of carbonyl (C=O) groups is 1. The molecule has 3 aromatic heterocycles. The van der Waals surface area contributed by atoms with Crippen LogP contribution in [0.2, 0.25) is 0 Å². The summed E-state index contributed by atoms with van der Waals surface area (Å²) < 4.78 is 10.7. The van der Waals surface area contributed by atoms with Gasteiger partial charge in [0.15, 0.2) is 5.82 Å². The largest absolute Gasteiger partial charge is 0.368 e. The predicted octanol–water partition coefficient (Wildman–Crippen LogP) is 3.04. The Labute approximate surface area is 145 Å². The van der Waals surface area contributed by atoms with Gasteiger partial charge in [-0.05, 0) is 24.3 Å². The number of nitrogens with one attached hydrogen (secondary N) is 1. The Morgan fingerprint density at radius 1 is 1.38 bits per heavy atom. The molecule has 4 rings (SSSR count). The fourth-order valence-corrected chi connectivity index (χ4v) is 4.00. The van der Waals surface area contributed by atoms with Crippen molar-refractivity contribution in [3.05, 3.63) is 40.3 Å². The van der Waals surface area contributed by atoms with Gasteiger partial charge in [0, 0.05) is 12.0 Å². The lowest BCUT2D eigenvalue weighted by atomic mass is 10.2. The summed E-state index contributed by atoms with van der Waals surface area (Å²) in [5.74, 6) is 0.658. The number of amides is 1. The summed E-state index contributed by atoms with van der Waals surface area (Å²) in [6, 6.07) is 3.94. The molecule has 0 saturated carbocycles. The van der Waals surface area contributed by atoms with Gasteiger partial charge in [0.2, 0.25) is 0 Å². The molecule has 1 aliphatic heterocycles. The predicted molar refractivity (Wildman–Crippen MR) is 88.8 cm³/mol. The van der Waals surface area contributed by atoms with Crippen LogP contribution in [-0.4, -0.2) is 27.6 Å². The number of nitrogens with zero attached hydrogens (tertiary/aromatic N) is 3. The highest BCUT2D eigenvalue weighted by atomic mass is 32.1. The normalized spacial score (nSPS) is 17.2. The number of rotatable bonds is 5. The van der Waals surface area contributed by atoms with Crippen LogP contribution in [0.1, 0.15) is 41.1 Å². The first-order valence-corrected chi connectivity index (χ1v) is 9.27. The number of thiophene rings is 1. The van der Waals surface area contributed by atoms with E-state index in [9.17, 15) is 4.79 Å². The van der Waals surface area contributed by atoms with E-state index in [4.69, 9.17) is 9.26 Å². The molecule has 1 atom stereocenters. The van der Waals surface area contributed by atoms with Crippen LogP contribution in [0.5, 0.6) is 0 Å². The van der Waals surface area contributed by atoms with Crippen LogP contribution in [0.3, 0.4) is 0 Å². The van der Waals surface area contributed by atoms with Crippen LogP contribution in [0.15, 0.2) is 27.4 Å². The first kappa shape index (κ1) is 15.4. The fraction of sp³-hybridized carbons (Fsp3) is 0.333. The second-order valence-electron chi connectivity index (χ2n) is 5.25. The van der Waals surface area contributed by atoms with Crippen molar-refractivity contribution < 1.29 is 14.1 Å². The van der Waals surface area contributed by atoms with Crippen LogP contribution in [-0.2, 0) is 11.3 Å². The Kier molecular flexibility index (Phi) is 4.37. The Hall–Kier alpha value is -2.10. The molecule has 24 heavy (non-hydrogen) atoms. The van der Waals surface area contributed by atoms with E-state index in [2.05, 4.69) is 20.4 Å². The van der Waals surface area contributed by atoms with Gasteiger partial charge in [-0.25, -0.2) is 4.98 Å². The average molecular weight is 362 g/mol. The van der Waals surface area contributed by atoms with Crippen molar-refractivity contribution in [3.8, 4) is 9.88 Å². The van der Waals surface area contributed by atoms with E-state index in [1.54, 1.807) is 16.7 Å². The number of aromatic nitrogens is 3. The highest BCUT2D eigenvalue weighted by Crippen LogP contribution is 2.28. The maximum absolute atomic E-state index is 12.2. The van der Waals surface area contributed by atoms with Crippen LogP contribution >= 0.6 is 22.7 Å². The minimum absolute atomic E-state index is 0.117. The second kappa shape index (κ2) is 6.80. The summed E-state index contributed by atoms with van der Waals surface area (Å²) >= 11 is 3.05. The summed E-state index contributed by atoms with van der Waals surface area (Å²) in [6.07, 6.45) is 1.77. The number of hydrogen-bond acceptors (Lipinski definition) is 8. The molecule has 1 saturated heterocycles. The van der Waals surface area contributed by atoms with Crippen molar-refractivity contribution in [1.82, 2.24) is 20.4 Å². The van der Waals surface area contributed by atoms with Gasteiger partial charge in [-0.2, -0.15) is 4.98 Å². The number of hydrogen-bond donors (Lipinski definition) is 1. The molecule has 0 radical (unpaired) electrons. The van der Waals surface area contributed by atoms with Crippen molar-refractivity contribution >= 4 is 28.6 Å². The monoisotopic (exact) mass is 362 g/mol. The smallest absolute Gasteiger partial charge is 0.271 e. The molecular formula is C15H14N4O3S2. The summed E-state index contributed by atoms with van der Waals surface area (Å²) in [7, 11) is 0. The minimum atomic E-state index is -0.252. The van der Waals surface area contributed by atoms with Gasteiger partial charge in [-0.3, -0.25) is 4.79 Å². The van der Waals surface area contributed by atoms with Gasteiger partial charge < -0.3 is 14.6 Å². The van der Waals surface area contributed by atoms with Crippen molar-refractivity contribution in [2.45, 2.75) is 25.5 Å². The second-order valence-corrected chi connectivity index (χ2v) is 7.05. The number of carbonyl (C=O) groups excluding carboxylic acids is 1. The first-order valence-electron chi connectivity index (χ1n) is 7.51. The zero-order chi connectivity index (χ0) is 16.4. The van der Waals surface area contributed by atoms with Gasteiger partial charge in [0.25, 0.3) is 11.8 Å². The maximum Gasteiger partial charge on any atom is 0.271 e. The first-order chi connectivity index (χ1) is 11.8. The summed E-state index contributed by atoms with van der Waals surface area (Å²) in [6.45, 7) is 0.913. The lowest BCUT2D eigenvalue weighted by Crippen LogP contribution is -2.23. The van der Waals surface area contributed by atoms with E-state index >= 15 is 0 Å². The molecule has 7 nitrogen and oxygen atoms in total. The molecule has 1 amide bonds. The standard InChI is InChI=1S/C15H14N4O3S2/c20-13(9-8-24-15(17-9)11-4-2-6-23-11)16-7-12-18-14(22-19-12)10-3-1-5-21-10/h2,4,6,8,10H,1,3,5,7H2,(H,16,20)/t10-/m1/s1. The topological polar surface area (TPSA) is 90.1 Å². The van der Waals surface area contributed by atoms with E-state index in [1.807, 2.05) is 17.5 Å². The highest BCUT2D eigenvalue weighted by molar-refractivity contribution is 7.20. The molecule has 3 aromatic rings. The SMILES string of the molecule is O=C(NCc1noc([C@H]2CCCO2)n1)c1csc(-c2cccs2)n1. The van der Waals surface area contributed by atoms with Crippen molar-refractivity contribution in [2.75, 3.05) is 6.61 Å². The molecule has 0 aromatic carbocycles. The zero-order valence-electron chi connectivity index (χ0n) is 12.6. The lowest BCUT2D eigenvalue weighted by molar-refractivity contribution is 0.0835. The van der Waals surface area contributed by atoms with Crippen LogP contribution in [0.4, 0.5) is 0 Å². The molecule has 0 unspecified atom stereocenters. The quantitative estimate of drug-likeness (QED) is 0.750. The molecular weight excluding hydrogens is 348 g/mol. The van der Waals surface area contributed by atoms with Gasteiger partial charge >= 0.3 is 0 Å². The van der Waals surface area contributed by atoms with E-state index < -0.39 is 0 Å². The summed E-state index contributed by atoms with van der Waals surface area (Å²) in [5, 5.41) is 11.2. The van der Waals surface area contributed by atoms with Crippen molar-refractivity contribution in [1.29, 1.82) is 0 Å². The van der Waals surface area contributed by atoms with E-state index in [-0.39, 0.29) is 18.6 Å². The molecule has 0 bridgehead atoms. The Balaban J connectivity index is 1.36. The third kappa shape index (κ3) is 3.23. The van der Waals surface area contributed by atoms with Gasteiger partial charge in [0.1, 0.15) is 16.8 Å². The van der Waals surface area contributed by atoms with Crippen LogP contribution in [0, 0.1) is 0 Å². The van der Waals surface area contributed by atoms with Gasteiger partial charge in [0.05, 0.1) is 11.4 Å². The third-order valence-electron chi connectivity index (χ3n) is 3.56. The lowest BCUT2D eigenvalue weighted by Gasteiger charge is -2.01. The van der Waals surface area contributed by atoms with E-state index in [1.165, 1.54) is 11.3 Å². The molecule has 1 N–H and O–H groups in total. The van der Waals surface area contributed by atoms with E-state index in [0.717, 1.165) is 29.3 Å². The summed E-state index contributed by atoms with van der Waals surface area (Å²) in [5.41, 5.74) is 0.395. The molecule has 9 heteroatoms. The fourth-order valence-electron chi connectivity index (χ4n) is 2.38. The molecule has 4 heterocycles. The number of thiazole rings is 1. The zero-order valence-corrected chi connectivity index (χ0v) is 14.2. The third-order valence-corrected chi connectivity index (χ3v) is 5.45. The average Bonchev–Trinajstić information content (AvgIpc) is 3.40. The van der Waals surface area contributed by atoms with Crippen LogP contribution < -0.4 is 5.32 Å². The molecule has 124 valence electrons. The Morgan fingerprint density at radius 3 is 3.12 bits per heavy atom. The number of ether oxygens (including phenoxy) is 1. The molecule has 1 fully saturated rings. The molecule has 0 spiro atoms. The van der Waals surface area contributed by atoms with Crippen molar-refractivity contribution in [2.24, 2.45) is 0 Å². The maximum atomic E-state index is 12.2.